The Balaban J connectivity index is 1.53. The number of benzene rings is 2. The molecular formula is C21H22FN3O3. The van der Waals surface area contributed by atoms with E-state index < -0.39 is 17.8 Å². The first-order valence-electron chi connectivity index (χ1n) is 9.36. The Morgan fingerprint density at radius 1 is 1.25 bits per heavy atom. The van der Waals surface area contributed by atoms with Gasteiger partial charge in [-0.25, -0.2) is 4.39 Å². The van der Waals surface area contributed by atoms with Gasteiger partial charge in [-0.2, -0.15) is 0 Å². The molecule has 1 fully saturated rings. The van der Waals surface area contributed by atoms with Gasteiger partial charge in [-0.15, -0.1) is 0 Å². The maximum Gasteiger partial charge on any atom is 0.249 e. The van der Waals surface area contributed by atoms with Crippen molar-refractivity contribution < 1.29 is 18.7 Å². The van der Waals surface area contributed by atoms with Gasteiger partial charge in [-0.1, -0.05) is 36.4 Å². The van der Waals surface area contributed by atoms with E-state index in [1.165, 1.54) is 4.90 Å². The van der Waals surface area contributed by atoms with E-state index in [-0.39, 0.29) is 24.8 Å². The molecule has 2 heterocycles. The molecule has 0 spiro atoms. The lowest BCUT2D eigenvalue weighted by Gasteiger charge is -2.34. The summed E-state index contributed by atoms with van der Waals surface area (Å²) in [4.78, 5) is 26.7. The SMILES string of the molecule is O=C(Nc1ccc2c(c1F)CCNC2)[C@H]1COCC(=O)N1Cc1ccccc1. The van der Waals surface area contributed by atoms with Crippen molar-refractivity contribution in [2.45, 2.75) is 25.6 Å². The average Bonchev–Trinajstić information content (AvgIpc) is 2.72. The fraction of sp³-hybridized carbons (Fsp3) is 0.333. The second-order valence-electron chi connectivity index (χ2n) is 7.02. The number of rotatable bonds is 4. The number of nitrogens with one attached hydrogen (secondary N) is 2. The van der Waals surface area contributed by atoms with Gasteiger partial charge in [-0.05, 0) is 35.7 Å². The highest BCUT2D eigenvalue weighted by molar-refractivity contribution is 5.98. The van der Waals surface area contributed by atoms with Gasteiger partial charge < -0.3 is 20.3 Å². The van der Waals surface area contributed by atoms with Crippen LogP contribution in [-0.2, 0) is 33.8 Å². The minimum Gasteiger partial charge on any atom is -0.369 e. The van der Waals surface area contributed by atoms with Gasteiger partial charge in [0.1, 0.15) is 18.5 Å². The van der Waals surface area contributed by atoms with Crippen molar-refractivity contribution in [2.75, 3.05) is 25.1 Å². The summed E-state index contributed by atoms with van der Waals surface area (Å²) in [6.45, 7) is 1.66. The molecule has 1 saturated heterocycles. The summed E-state index contributed by atoms with van der Waals surface area (Å²) in [6.07, 6.45) is 0.579. The fourth-order valence-electron chi connectivity index (χ4n) is 3.65. The van der Waals surface area contributed by atoms with Crippen LogP contribution in [0.25, 0.3) is 0 Å². The molecular weight excluding hydrogens is 361 g/mol. The van der Waals surface area contributed by atoms with Crippen LogP contribution in [0.3, 0.4) is 0 Å². The Kier molecular flexibility index (Phi) is 5.36. The molecule has 0 radical (unpaired) electrons. The van der Waals surface area contributed by atoms with Crippen molar-refractivity contribution in [3.63, 3.8) is 0 Å². The van der Waals surface area contributed by atoms with E-state index in [4.69, 9.17) is 4.74 Å². The predicted octanol–water partition coefficient (Wildman–Crippen LogP) is 1.84. The molecule has 28 heavy (non-hydrogen) atoms. The van der Waals surface area contributed by atoms with Crippen LogP contribution in [0.2, 0.25) is 0 Å². The first-order valence-corrected chi connectivity index (χ1v) is 9.36. The standard InChI is InChI=1S/C21H22FN3O3/c22-20-16-8-9-23-10-15(16)6-7-17(20)24-21(27)18-12-28-13-19(26)25(18)11-14-4-2-1-3-5-14/h1-7,18,23H,8-13H2,(H,24,27)/t18-/m1/s1. The second-order valence-corrected chi connectivity index (χ2v) is 7.02. The Labute approximate surface area is 162 Å². The number of carbonyl (C=O) groups is 2. The van der Waals surface area contributed by atoms with Gasteiger partial charge in [0.25, 0.3) is 0 Å². The maximum atomic E-state index is 14.8. The molecule has 146 valence electrons. The Hall–Kier alpha value is -2.77. The summed E-state index contributed by atoms with van der Waals surface area (Å²) in [5.41, 5.74) is 2.60. The van der Waals surface area contributed by atoms with E-state index in [1.54, 1.807) is 6.07 Å². The summed E-state index contributed by atoms with van der Waals surface area (Å²) in [6, 6.07) is 12.0. The third kappa shape index (κ3) is 3.76. The van der Waals surface area contributed by atoms with E-state index in [0.29, 0.717) is 31.6 Å². The molecule has 0 unspecified atom stereocenters. The number of hydrogen-bond acceptors (Lipinski definition) is 4. The smallest absolute Gasteiger partial charge is 0.249 e. The van der Waals surface area contributed by atoms with E-state index in [1.807, 2.05) is 36.4 Å². The number of amides is 2. The van der Waals surface area contributed by atoms with Crippen LogP contribution in [0, 0.1) is 5.82 Å². The molecule has 0 saturated carbocycles. The van der Waals surface area contributed by atoms with Gasteiger partial charge in [0.05, 0.1) is 12.3 Å². The van der Waals surface area contributed by atoms with Crippen molar-refractivity contribution in [3.05, 3.63) is 65.0 Å². The monoisotopic (exact) mass is 383 g/mol. The summed E-state index contributed by atoms with van der Waals surface area (Å²) in [5.74, 6) is -1.10. The van der Waals surface area contributed by atoms with Crippen LogP contribution in [0.1, 0.15) is 16.7 Å². The summed E-state index contributed by atoms with van der Waals surface area (Å²) >= 11 is 0. The Morgan fingerprint density at radius 3 is 2.89 bits per heavy atom. The average molecular weight is 383 g/mol. The van der Waals surface area contributed by atoms with E-state index in [0.717, 1.165) is 11.1 Å². The normalized spacial score (nSPS) is 19.2. The van der Waals surface area contributed by atoms with E-state index >= 15 is 0 Å². The summed E-state index contributed by atoms with van der Waals surface area (Å²) < 4.78 is 20.1. The molecule has 2 amide bonds. The van der Waals surface area contributed by atoms with Crippen molar-refractivity contribution in [1.29, 1.82) is 0 Å². The number of nitrogens with zero attached hydrogens (tertiary/aromatic N) is 1. The third-order valence-corrected chi connectivity index (χ3v) is 5.16. The molecule has 2 aromatic carbocycles. The van der Waals surface area contributed by atoms with Crippen molar-refractivity contribution >= 4 is 17.5 Å². The Bertz CT molecular complexity index is 888. The number of hydrogen-bond donors (Lipinski definition) is 2. The number of ether oxygens (including phenoxy) is 1. The molecule has 1 atom stereocenters. The lowest BCUT2D eigenvalue weighted by Crippen LogP contribution is -2.54. The molecule has 6 nitrogen and oxygen atoms in total. The largest absolute Gasteiger partial charge is 0.369 e. The van der Waals surface area contributed by atoms with Gasteiger partial charge in [0.2, 0.25) is 11.8 Å². The molecule has 0 bridgehead atoms. The zero-order chi connectivity index (χ0) is 19.5. The molecule has 2 N–H and O–H groups in total. The highest BCUT2D eigenvalue weighted by Gasteiger charge is 2.34. The van der Waals surface area contributed by atoms with Crippen LogP contribution < -0.4 is 10.6 Å². The third-order valence-electron chi connectivity index (χ3n) is 5.16. The zero-order valence-corrected chi connectivity index (χ0v) is 15.4. The molecule has 4 rings (SSSR count). The van der Waals surface area contributed by atoms with Gasteiger partial charge in [-0.3, -0.25) is 9.59 Å². The van der Waals surface area contributed by atoms with Crippen LogP contribution in [0.5, 0.6) is 0 Å². The molecule has 2 aromatic rings. The first-order chi connectivity index (χ1) is 13.6. The number of carbonyl (C=O) groups excluding carboxylic acids is 2. The lowest BCUT2D eigenvalue weighted by atomic mass is 9.99. The number of halogens is 1. The zero-order valence-electron chi connectivity index (χ0n) is 15.4. The van der Waals surface area contributed by atoms with E-state index in [2.05, 4.69) is 10.6 Å². The first kappa shape index (κ1) is 18.6. The minimum atomic E-state index is -0.807. The lowest BCUT2D eigenvalue weighted by molar-refractivity contribution is -0.154. The fourth-order valence-corrected chi connectivity index (χ4v) is 3.65. The molecule has 7 heteroatoms. The van der Waals surface area contributed by atoms with Crippen LogP contribution in [-0.4, -0.2) is 42.5 Å². The van der Waals surface area contributed by atoms with Gasteiger partial charge >= 0.3 is 0 Å². The number of anilines is 1. The van der Waals surface area contributed by atoms with Gasteiger partial charge in [0, 0.05) is 13.1 Å². The molecule has 0 aliphatic carbocycles. The van der Waals surface area contributed by atoms with Crippen LogP contribution in [0.4, 0.5) is 10.1 Å². The maximum absolute atomic E-state index is 14.8. The number of fused-ring (bicyclic) bond motifs is 1. The van der Waals surface area contributed by atoms with Crippen molar-refractivity contribution in [1.82, 2.24) is 10.2 Å². The molecule has 2 aliphatic heterocycles. The van der Waals surface area contributed by atoms with Crippen molar-refractivity contribution in [3.8, 4) is 0 Å². The minimum absolute atomic E-state index is 0.0587. The summed E-state index contributed by atoms with van der Waals surface area (Å²) in [5, 5.41) is 5.86. The van der Waals surface area contributed by atoms with Crippen LogP contribution >= 0.6 is 0 Å². The summed E-state index contributed by atoms with van der Waals surface area (Å²) in [7, 11) is 0. The quantitative estimate of drug-likeness (QED) is 0.845. The second kappa shape index (κ2) is 8.08. The predicted molar refractivity (Wildman–Crippen MR) is 102 cm³/mol. The Morgan fingerprint density at radius 2 is 2.07 bits per heavy atom. The van der Waals surface area contributed by atoms with Crippen LogP contribution in [0.15, 0.2) is 42.5 Å². The van der Waals surface area contributed by atoms with Gasteiger partial charge in [0.15, 0.2) is 0 Å². The number of morpholine rings is 1. The highest BCUT2D eigenvalue weighted by atomic mass is 19.1. The van der Waals surface area contributed by atoms with Crippen molar-refractivity contribution in [2.24, 2.45) is 0 Å². The molecule has 0 aromatic heterocycles. The molecule has 2 aliphatic rings. The van der Waals surface area contributed by atoms with E-state index in [9.17, 15) is 14.0 Å². The topological polar surface area (TPSA) is 70.7 Å². The highest BCUT2D eigenvalue weighted by Crippen LogP contribution is 2.25.